The van der Waals surface area contributed by atoms with Crippen molar-refractivity contribution >= 4 is 17.6 Å². The zero-order chi connectivity index (χ0) is 16.7. The number of aromatic nitrogens is 4. The molecule has 23 heavy (non-hydrogen) atoms. The molecular formula is C13H15N5O5. The van der Waals surface area contributed by atoms with E-state index in [0.717, 1.165) is 0 Å². The fraction of sp³-hybridized carbons (Fsp3) is 0.308. The van der Waals surface area contributed by atoms with Gasteiger partial charge < -0.3 is 19.5 Å². The Hall–Kier alpha value is -3.17. The molecule has 1 aromatic heterocycles. The molecule has 0 fully saturated rings. The summed E-state index contributed by atoms with van der Waals surface area (Å²) in [6.45, 7) is -0.609. The molecule has 10 nitrogen and oxygen atoms in total. The molecule has 1 N–H and O–H groups in total. The number of anilines is 1. The Labute approximate surface area is 131 Å². The van der Waals surface area contributed by atoms with Crippen LogP contribution in [-0.4, -0.2) is 52.9 Å². The van der Waals surface area contributed by atoms with Gasteiger partial charge in [0.2, 0.25) is 0 Å². The third-order valence-electron chi connectivity index (χ3n) is 2.73. The second-order valence-electron chi connectivity index (χ2n) is 4.28. The van der Waals surface area contributed by atoms with Crippen molar-refractivity contribution in [3.05, 3.63) is 24.5 Å². The molecule has 1 heterocycles. The lowest BCUT2D eigenvalue weighted by Gasteiger charge is -2.11. The van der Waals surface area contributed by atoms with E-state index in [1.807, 2.05) is 0 Å². The summed E-state index contributed by atoms with van der Waals surface area (Å²) in [6, 6.07) is 4.92. The SMILES string of the molecule is COc1ccc(NC(=O)COC(=O)Cn2cnnn2)c(OC)c1. The van der Waals surface area contributed by atoms with Gasteiger partial charge in [-0.15, -0.1) is 5.10 Å². The van der Waals surface area contributed by atoms with Gasteiger partial charge in [0.25, 0.3) is 5.91 Å². The normalized spacial score (nSPS) is 10.0. The van der Waals surface area contributed by atoms with Crippen molar-refractivity contribution in [2.45, 2.75) is 6.54 Å². The van der Waals surface area contributed by atoms with Crippen LogP contribution in [-0.2, 0) is 20.9 Å². The van der Waals surface area contributed by atoms with Crippen molar-refractivity contribution in [3.63, 3.8) is 0 Å². The van der Waals surface area contributed by atoms with E-state index in [2.05, 4.69) is 20.8 Å². The first-order valence-corrected chi connectivity index (χ1v) is 6.50. The smallest absolute Gasteiger partial charge is 0.328 e. The number of methoxy groups -OCH3 is 2. The van der Waals surface area contributed by atoms with Gasteiger partial charge >= 0.3 is 5.97 Å². The molecule has 0 saturated heterocycles. The number of carbonyl (C=O) groups is 2. The summed E-state index contributed by atoms with van der Waals surface area (Å²) < 4.78 is 16.2. The Bertz CT molecular complexity index is 673. The lowest BCUT2D eigenvalue weighted by molar-refractivity contribution is -0.148. The quantitative estimate of drug-likeness (QED) is 0.701. The molecule has 0 bridgehead atoms. The fourth-order valence-corrected chi connectivity index (χ4v) is 1.66. The monoisotopic (exact) mass is 321 g/mol. The van der Waals surface area contributed by atoms with Crippen LogP contribution in [0.2, 0.25) is 0 Å². The highest BCUT2D eigenvalue weighted by atomic mass is 16.5. The minimum absolute atomic E-state index is 0.174. The van der Waals surface area contributed by atoms with Crippen LogP contribution in [0.15, 0.2) is 24.5 Å². The van der Waals surface area contributed by atoms with Gasteiger partial charge in [-0.1, -0.05) is 0 Å². The lowest BCUT2D eigenvalue weighted by Crippen LogP contribution is -2.23. The molecule has 2 aromatic rings. The number of benzene rings is 1. The van der Waals surface area contributed by atoms with E-state index in [1.165, 1.54) is 25.2 Å². The summed E-state index contributed by atoms with van der Waals surface area (Å²) in [7, 11) is 2.99. The van der Waals surface area contributed by atoms with Crippen LogP contribution in [0.1, 0.15) is 0 Å². The largest absolute Gasteiger partial charge is 0.497 e. The molecule has 0 atom stereocenters. The van der Waals surface area contributed by atoms with E-state index in [9.17, 15) is 9.59 Å². The van der Waals surface area contributed by atoms with Crippen LogP contribution in [0.25, 0.3) is 0 Å². The molecule has 0 aliphatic heterocycles. The van der Waals surface area contributed by atoms with Gasteiger partial charge in [0.05, 0.1) is 19.9 Å². The first kappa shape index (κ1) is 16.2. The number of amides is 1. The number of rotatable bonds is 7. The Kier molecular flexibility index (Phi) is 5.45. The van der Waals surface area contributed by atoms with E-state index < -0.39 is 18.5 Å². The van der Waals surface area contributed by atoms with Crippen LogP contribution in [0, 0.1) is 0 Å². The summed E-state index contributed by atoms with van der Waals surface area (Å²) in [6.07, 6.45) is 1.27. The summed E-state index contributed by atoms with van der Waals surface area (Å²) in [5.74, 6) is -0.113. The number of esters is 1. The van der Waals surface area contributed by atoms with Crippen molar-refractivity contribution < 1.29 is 23.8 Å². The Morgan fingerprint density at radius 3 is 2.74 bits per heavy atom. The molecule has 0 aliphatic rings. The number of nitrogens with zero attached hydrogens (tertiary/aromatic N) is 4. The topological polar surface area (TPSA) is 117 Å². The highest BCUT2D eigenvalue weighted by Crippen LogP contribution is 2.28. The van der Waals surface area contributed by atoms with Crippen molar-refractivity contribution in [1.29, 1.82) is 0 Å². The molecule has 0 radical (unpaired) electrons. The minimum Gasteiger partial charge on any atom is -0.497 e. The van der Waals surface area contributed by atoms with Crippen molar-refractivity contribution in [1.82, 2.24) is 20.2 Å². The van der Waals surface area contributed by atoms with Gasteiger partial charge in [-0.2, -0.15) is 0 Å². The molecule has 1 aromatic carbocycles. The molecule has 2 rings (SSSR count). The van der Waals surface area contributed by atoms with Crippen LogP contribution < -0.4 is 14.8 Å². The number of nitrogens with one attached hydrogen (secondary N) is 1. The van der Waals surface area contributed by atoms with Crippen molar-refractivity contribution in [2.24, 2.45) is 0 Å². The molecule has 0 saturated carbocycles. The number of carbonyl (C=O) groups excluding carboxylic acids is 2. The first-order valence-electron chi connectivity index (χ1n) is 6.50. The third kappa shape index (κ3) is 4.66. The number of hydrogen-bond acceptors (Lipinski definition) is 8. The molecule has 10 heteroatoms. The third-order valence-corrected chi connectivity index (χ3v) is 2.73. The highest BCUT2D eigenvalue weighted by molar-refractivity contribution is 5.94. The van der Waals surface area contributed by atoms with Crippen LogP contribution in [0.5, 0.6) is 11.5 Å². The molecule has 0 spiro atoms. The van der Waals surface area contributed by atoms with Gasteiger partial charge in [0.15, 0.2) is 6.61 Å². The second kappa shape index (κ2) is 7.73. The average molecular weight is 321 g/mol. The molecule has 0 unspecified atom stereocenters. The summed E-state index contributed by atoms with van der Waals surface area (Å²) in [4.78, 5) is 23.3. The standard InChI is InChI=1S/C13H15N5O5/c1-21-9-3-4-10(11(5-9)22-2)15-12(19)7-23-13(20)6-18-8-14-16-17-18/h3-5,8H,6-7H2,1-2H3,(H,15,19). The molecule has 0 aliphatic carbocycles. The van der Waals surface area contributed by atoms with Crippen molar-refractivity contribution in [2.75, 3.05) is 26.1 Å². The molecule has 1 amide bonds. The van der Waals surface area contributed by atoms with Crippen LogP contribution in [0.3, 0.4) is 0 Å². The van der Waals surface area contributed by atoms with Gasteiger partial charge in [0.1, 0.15) is 24.4 Å². The first-order chi connectivity index (χ1) is 11.1. The number of tetrazole rings is 1. The zero-order valence-electron chi connectivity index (χ0n) is 12.6. The van der Waals surface area contributed by atoms with E-state index in [-0.39, 0.29) is 6.54 Å². The summed E-state index contributed by atoms with van der Waals surface area (Å²) in [5, 5.41) is 12.9. The van der Waals surface area contributed by atoms with Gasteiger partial charge in [-0.3, -0.25) is 9.59 Å². The second-order valence-corrected chi connectivity index (χ2v) is 4.28. The zero-order valence-corrected chi connectivity index (χ0v) is 12.6. The van der Waals surface area contributed by atoms with Crippen molar-refractivity contribution in [3.8, 4) is 11.5 Å². The summed E-state index contributed by atoms with van der Waals surface area (Å²) >= 11 is 0. The Morgan fingerprint density at radius 1 is 1.26 bits per heavy atom. The van der Waals surface area contributed by atoms with Gasteiger partial charge in [-0.05, 0) is 22.6 Å². The lowest BCUT2D eigenvalue weighted by atomic mass is 10.2. The maximum atomic E-state index is 11.8. The minimum atomic E-state index is -0.630. The van der Waals surface area contributed by atoms with E-state index in [0.29, 0.717) is 17.2 Å². The van der Waals surface area contributed by atoms with Gasteiger partial charge in [0, 0.05) is 6.07 Å². The predicted octanol–water partition coefficient (Wildman–Crippen LogP) is -0.128. The summed E-state index contributed by atoms with van der Waals surface area (Å²) in [5.41, 5.74) is 0.440. The van der Waals surface area contributed by atoms with Crippen LogP contribution >= 0.6 is 0 Å². The maximum Gasteiger partial charge on any atom is 0.328 e. The van der Waals surface area contributed by atoms with Gasteiger partial charge in [-0.25, -0.2) is 4.68 Å². The fourth-order valence-electron chi connectivity index (χ4n) is 1.66. The Balaban J connectivity index is 1.86. The van der Waals surface area contributed by atoms with E-state index in [4.69, 9.17) is 14.2 Å². The number of ether oxygens (including phenoxy) is 3. The molecule has 122 valence electrons. The average Bonchev–Trinajstić information content (AvgIpc) is 3.06. The highest BCUT2D eigenvalue weighted by Gasteiger charge is 2.12. The predicted molar refractivity (Wildman–Crippen MR) is 77.0 cm³/mol. The van der Waals surface area contributed by atoms with Crippen LogP contribution in [0.4, 0.5) is 5.69 Å². The Morgan fingerprint density at radius 2 is 2.09 bits per heavy atom. The van der Waals surface area contributed by atoms with E-state index >= 15 is 0 Å². The maximum absolute atomic E-state index is 11.8. The molecular weight excluding hydrogens is 306 g/mol. The van der Waals surface area contributed by atoms with E-state index in [1.54, 1.807) is 18.2 Å². The number of hydrogen-bond donors (Lipinski definition) is 1.